The Morgan fingerprint density at radius 2 is 1.54 bits per heavy atom. The minimum atomic E-state index is -0.570. The molecule has 0 saturated heterocycles. The van der Waals surface area contributed by atoms with Crippen molar-refractivity contribution >= 4 is 5.97 Å². The van der Waals surface area contributed by atoms with Crippen LogP contribution in [-0.4, -0.2) is 23.3 Å². The molecule has 4 nitrogen and oxygen atoms in total. The molecule has 0 aromatic heterocycles. The molecule has 2 aromatic carbocycles. The number of aryl methyl sites for hydroxylation is 3. The summed E-state index contributed by atoms with van der Waals surface area (Å²) in [5, 5.41) is 10.7. The lowest BCUT2D eigenvalue weighted by Gasteiger charge is -2.34. The summed E-state index contributed by atoms with van der Waals surface area (Å²) in [5.74, 6) is 1.17. The molecule has 0 saturated carbocycles. The summed E-state index contributed by atoms with van der Waals surface area (Å²) in [5.41, 5.74) is 5.66. The third-order valence-electron chi connectivity index (χ3n) is 8.12. The molecule has 1 aliphatic heterocycles. The number of carbonyl (C=O) groups excluding carboxylic acids is 1. The van der Waals surface area contributed by atoms with Crippen LogP contribution in [0, 0.1) is 13.8 Å². The summed E-state index contributed by atoms with van der Waals surface area (Å²) in [6.07, 6.45) is 7.36. The number of rotatable bonds is 12. The molecule has 0 radical (unpaired) electrons. The van der Waals surface area contributed by atoms with Crippen molar-refractivity contribution in [2.75, 3.05) is 6.61 Å². The van der Waals surface area contributed by atoms with Crippen molar-refractivity contribution < 1.29 is 19.4 Å². The number of benzene rings is 2. The molecule has 0 aliphatic carbocycles. The third kappa shape index (κ3) is 5.98. The van der Waals surface area contributed by atoms with Crippen molar-refractivity contribution in [3.05, 3.63) is 76.1 Å². The average Bonchev–Trinajstić information content (AvgIpc) is 3.28. The second kappa shape index (κ2) is 11.4. The van der Waals surface area contributed by atoms with Gasteiger partial charge in [-0.25, -0.2) is 0 Å². The van der Waals surface area contributed by atoms with E-state index in [1.165, 1.54) is 22.3 Å². The zero-order valence-electron chi connectivity index (χ0n) is 22.4. The Labute approximate surface area is 211 Å². The predicted octanol–water partition coefficient (Wildman–Crippen LogP) is 7.10. The van der Waals surface area contributed by atoms with Gasteiger partial charge in [-0.15, -0.1) is 0 Å². The van der Waals surface area contributed by atoms with Gasteiger partial charge in [0, 0.05) is 5.41 Å². The van der Waals surface area contributed by atoms with Crippen LogP contribution in [0.3, 0.4) is 0 Å². The summed E-state index contributed by atoms with van der Waals surface area (Å²) in [6.45, 7) is 13.2. The Kier molecular flexibility index (Phi) is 8.82. The Balaban J connectivity index is 1.82. The van der Waals surface area contributed by atoms with Gasteiger partial charge in [0.2, 0.25) is 0 Å². The quantitative estimate of drug-likeness (QED) is 0.331. The topological polar surface area (TPSA) is 55.8 Å². The van der Waals surface area contributed by atoms with Gasteiger partial charge < -0.3 is 14.6 Å². The maximum absolute atomic E-state index is 11.3. The number of hydrogen-bond donors (Lipinski definition) is 1. The van der Waals surface area contributed by atoms with E-state index in [0.29, 0.717) is 12.2 Å². The van der Waals surface area contributed by atoms with Crippen LogP contribution in [0.25, 0.3) is 0 Å². The first-order chi connectivity index (χ1) is 16.7. The van der Waals surface area contributed by atoms with Crippen molar-refractivity contribution in [2.45, 2.75) is 97.5 Å². The van der Waals surface area contributed by atoms with Crippen LogP contribution in [-0.2, 0) is 21.4 Å². The molecule has 0 unspecified atom stereocenters. The monoisotopic (exact) mass is 478 g/mol. The van der Waals surface area contributed by atoms with Crippen molar-refractivity contribution in [2.24, 2.45) is 0 Å². The number of cyclic esters (lactones) is 1. The van der Waals surface area contributed by atoms with Gasteiger partial charge in [-0.1, -0.05) is 58.0 Å². The van der Waals surface area contributed by atoms with Crippen LogP contribution in [0.1, 0.15) is 94.0 Å². The van der Waals surface area contributed by atoms with Crippen LogP contribution in [0.15, 0.2) is 48.2 Å². The lowest BCUT2D eigenvalue weighted by atomic mass is 9.69. The van der Waals surface area contributed by atoms with Crippen molar-refractivity contribution in [3.63, 3.8) is 0 Å². The molecule has 4 heteroatoms. The van der Waals surface area contributed by atoms with E-state index in [-0.39, 0.29) is 18.0 Å². The zero-order valence-corrected chi connectivity index (χ0v) is 22.4. The minimum absolute atomic E-state index is 0.0797. The lowest BCUT2D eigenvalue weighted by molar-refractivity contribution is -0.136. The third-order valence-corrected chi connectivity index (χ3v) is 8.12. The SMILES string of the molecule is CCC(O)(CC)CCc1ccc(C(CC)(CC)c2ccc(OCC3=CCC(=O)O3)c(C)c2)cc1C. The van der Waals surface area contributed by atoms with Crippen LogP contribution in [0.2, 0.25) is 0 Å². The summed E-state index contributed by atoms with van der Waals surface area (Å²) >= 11 is 0. The van der Waals surface area contributed by atoms with Gasteiger partial charge in [0.15, 0.2) is 0 Å². The van der Waals surface area contributed by atoms with E-state index in [2.05, 4.69) is 71.9 Å². The van der Waals surface area contributed by atoms with Gasteiger partial charge in [-0.2, -0.15) is 0 Å². The smallest absolute Gasteiger partial charge is 0.314 e. The van der Waals surface area contributed by atoms with Gasteiger partial charge in [-0.3, -0.25) is 4.79 Å². The van der Waals surface area contributed by atoms with Gasteiger partial charge in [0.05, 0.1) is 12.0 Å². The predicted molar refractivity (Wildman–Crippen MR) is 142 cm³/mol. The van der Waals surface area contributed by atoms with E-state index in [4.69, 9.17) is 9.47 Å². The molecule has 0 atom stereocenters. The largest absolute Gasteiger partial charge is 0.485 e. The highest BCUT2D eigenvalue weighted by atomic mass is 16.6. The molecule has 35 heavy (non-hydrogen) atoms. The molecule has 0 fully saturated rings. The van der Waals surface area contributed by atoms with Gasteiger partial charge in [0.1, 0.15) is 18.1 Å². The zero-order chi connectivity index (χ0) is 25.6. The normalized spacial score (nSPS) is 14.1. The fraction of sp³-hybridized carbons (Fsp3) is 0.516. The summed E-state index contributed by atoms with van der Waals surface area (Å²) in [4.78, 5) is 11.3. The second-order valence-electron chi connectivity index (χ2n) is 9.98. The van der Waals surface area contributed by atoms with Crippen molar-refractivity contribution in [1.29, 1.82) is 0 Å². The highest BCUT2D eigenvalue weighted by Crippen LogP contribution is 2.41. The van der Waals surface area contributed by atoms with E-state index in [0.717, 1.165) is 49.8 Å². The van der Waals surface area contributed by atoms with Gasteiger partial charge in [0.25, 0.3) is 0 Å². The standard InChI is InChI=1S/C31H42O4/c1-7-30(33,8-2)18-17-24-11-12-25(19-22(24)5)31(9-3,10-4)26-13-15-28(23(6)20-26)34-21-27-14-16-29(32)35-27/h11-15,19-20,33H,7-10,16-18,21H2,1-6H3. The van der Waals surface area contributed by atoms with E-state index >= 15 is 0 Å². The van der Waals surface area contributed by atoms with E-state index in [9.17, 15) is 9.90 Å². The molecule has 190 valence electrons. The lowest BCUT2D eigenvalue weighted by Crippen LogP contribution is -2.28. The summed E-state index contributed by atoms with van der Waals surface area (Å²) in [6, 6.07) is 13.4. The molecule has 1 heterocycles. The Morgan fingerprint density at radius 3 is 2.06 bits per heavy atom. The number of carbonyl (C=O) groups is 1. The Morgan fingerprint density at radius 1 is 0.914 bits per heavy atom. The maximum atomic E-state index is 11.3. The molecule has 1 aliphatic rings. The minimum Gasteiger partial charge on any atom is -0.485 e. The van der Waals surface area contributed by atoms with Crippen LogP contribution in [0.4, 0.5) is 0 Å². The van der Waals surface area contributed by atoms with Crippen LogP contribution in [0.5, 0.6) is 5.75 Å². The molecule has 2 aromatic rings. The van der Waals surface area contributed by atoms with E-state index < -0.39 is 5.60 Å². The molecular weight excluding hydrogens is 436 g/mol. The first-order valence-electron chi connectivity index (χ1n) is 13.2. The summed E-state index contributed by atoms with van der Waals surface area (Å²) < 4.78 is 11.1. The number of aliphatic hydroxyl groups is 1. The molecule has 3 rings (SSSR count). The van der Waals surface area contributed by atoms with E-state index in [1.54, 1.807) is 6.08 Å². The maximum Gasteiger partial charge on any atom is 0.314 e. The number of ether oxygens (including phenoxy) is 2. The molecule has 1 N–H and O–H groups in total. The Hall–Kier alpha value is -2.59. The van der Waals surface area contributed by atoms with Crippen molar-refractivity contribution in [1.82, 2.24) is 0 Å². The van der Waals surface area contributed by atoms with Crippen molar-refractivity contribution in [3.8, 4) is 5.75 Å². The molecule has 0 amide bonds. The second-order valence-corrected chi connectivity index (χ2v) is 9.98. The molecule has 0 spiro atoms. The fourth-order valence-corrected chi connectivity index (χ4v) is 5.25. The first kappa shape index (κ1) is 27.0. The average molecular weight is 479 g/mol. The van der Waals surface area contributed by atoms with Gasteiger partial charge in [-0.05, 0) is 92.3 Å². The van der Waals surface area contributed by atoms with Crippen LogP contribution >= 0.6 is 0 Å². The van der Waals surface area contributed by atoms with E-state index in [1.807, 2.05) is 6.07 Å². The highest BCUT2D eigenvalue weighted by Gasteiger charge is 2.32. The molecule has 0 bridgehead atoms. The highest BCUT2D eigenvalue weighted by molar-refractivity contribution is 5.75. The fourth-order valence-electron chi connectivity index (χ4n) is 5.25. The Bertz CT molecular complexity index is 1060. The number of esters is 1. The molecular formula is C31H42O4. The van der Waals surface area contributed by atoms with Crippen LogP contribution < -0.4 is 4.74 Å². The first-order valence-corrected chi connectivity index (χ1v) is 13.2. The summed E-state index contributed by atoms with van der Waals surface area (Å²) in [7, 11) is 0. The number of hydrogen-bond acceptors (Lipinski definition) is 4. The van der Waals surface area contributed by atoms with Gasteiger partial charge >= 0.3 is 5.97 Å².